The maximum absolute atomic E-state index is 15.3. The number of rotatable bonds is 64. The van der Waals surface area contributed by atoms with Gasteiger partial charge in [-0.2, -0.15) is 0 Å². The van der Waals surface area contributed by atoms with E-state index in [1.165, 1.54) is 0 Å². The number of ether oxygens (including phenoxy) is 4. The zero-order valence-electron chi connectivity index (χ0n) is 74.0. The molecule has 0 aliphatic carbocycles. The second-order valence-corrected chi connectivity index (χ2v) is 32.4. The Hall–Kier alpha value is -11.1. The molecule has 0 spiro atoms. The number of nitrogens with two attached hydrogens (primary N) is 4. The van der Waals surface area contributed by atoms with E-state index in [4.69, 9.17) is 88.3 Å². The van der Waals surface area contributed by atoms with Crippen LogP contribution in [0.3, 0.4) is 0 Å². The molecule has 0 aliphatic heterocycles. The number of alkyl carbamates (subject to hydrolysis) is 4. The monoisotopic (exact) mass is 1900 g/mol. The van der Waals surface area contributed by atoms with Crippen LogP contribution >= 0.6 is 46.4 Å². The molecule has 1 aromatic heterocycles. The van der Waals surface area contributed by atoms with Crippen LogP contribution in [0.5, 0.6) is 0 Å². The number of hydrogen-bond donors (Lipinski definition) is 18. The van der Waals surface area contributed by atoms with Gasteiger partial charge < -0.3 is 121 Å². The van der Waals surface area contributed by atoms with Gasteiger partial charge in [-0.1, -0.05) is 137 Å². The summed E-state index contributed by atoms with van der Waals surface area (Å²) in [5.74, 6) is -4.67. The molecular formula is C90H128Cl4N20O17. The van der Waals surface area contributed by atoms with Crippen LogP contribution in [0.2, 0.25) is 20.1 Å². The van der Waals surface area contributed by atoms with E-state index in [1.54, 1.807) is 107 Å². The molecule has 0 radical (unpaired) electrons. The van der Waals surface area contributed by atoms with E-state index < -0.39 is 108 Å². The quantitative estimate of drug-likeness (QED) is 0.0154. The minimum atomic E-state index is -1.13. The van der Waals surface area contributed by atoms with Gasteiger partial charge in [0.1, 0.15) is 50.6 Å². The number of carbonyl (C=O) groups excluding carboxylic acids is 13. The predicted octanol–water partition coefficient (Wildman–Crippen LogP) is 5.99. The minimum Gasteiger partial charge on any atom is -0.445 e. The number of carbonyl (C=O) groups is 13. The second kappa shape index (κ2) is 63.8. The molecule has 13 amide bonds. The first-order valence-electron chi connectivity index (χ1n) is 44.3. The summed E-state index contributed by atoms with van der Waals surface area (Å²) in [5, 5.41) is 38.3. The van der Waals surface area contributed by atoms with Crippen molar-refractivity contribution in [1.29, 1.82) is 0 Å². The summed E-state index contributed by atoms with van der Waals surface area (Å²) in [5.41, 5.74) is 27.0. The van der Waals surface area contributed by atoms with Crippen molar-refractivity contribution in [2.24, 2.45) is 22.9 Å². The van der Waals surface area contributed by atoms with E-state index in [-0.39, 0.29) is 176 Å². The number of para-hydroxylation sites is 1. The van der Waals surface area contributed by atoms with Gasteiger partial charge in [0, 0.05) is 177 Å². The van der Waals surface area contributed by atoms with Crippen LogP contribution in [-0.2, 0) is 94.9 Å². The number of nitrogens with one attached hydrogen (secondary N) is 14. The number of unbranched alkanes of at least 4 members (excludes halogenated alkanes) is 4. The molecule has 718 valence electrons. The summed E-state index contributed by atoms with van der Waals surface area (Å²) in [6.07, 6.45) is 1.11. The number of nitrogens with zero attached hydrogens (tertiary/aromatic N) is 2. The van der Waals surface area contributed by atoms with Gasteiger partial charge in [-0.05, 0) is 151 Å². The summed E-state index contributed by atoms with van der Waals surface area (Å²) < 4.78 is 21.6. The van der Waals surface area contributed by atoms with Gasteiger partial charge in [-0.15, -0.1) is 0 Å². The topological polar surface area (TPSA) is 542 Å². The lowest BCUT2D eigenvalue weighted by Gasteiger charge is -2.32. The van der Waals surface area contributed by atoms with Crippen molar-refractivity contribution in [2.75, 3.05) is 118 Å². The average Bonchev–Trinajstić information content (AvgIpc) is 1.70. The number of aromatic nitrogens is 1. The Morgan fingerprint density at radius 2 is 0.603 bits per heavy atom. The Balaban J connectivity index is 1.22. The third kappa shape index (κ3) is 44.6. The number of H-pyrrole nitrogens is 1. The molecule has 37 nitrogen and oxygen atoms in total. The van der Waals surface area contributed by atoms with E-state index in [9.17, 15) is 57.5 Å². The first kappa shape index (κ1) is 109. The molecule has 5 atom stereocenters. The maximum atomic E-state index is 15.3. The Bertz CT molecular complexity index is 4300. The van der Waals surface area contributed by atoms with Gasteiger partial charge >= 0.3 is 24.4 Å². The number of hydrogen-bond acceptors (Lipinski definition) is 23. The molecule has 22 N–H and O–H groups in total. The molecule has 5 aromatic carbocycles. The highest BCUT2D eigenvalue weighted by Crippen LogP contribution is 2.22. The Morgan fingerprint density at radius 3 is 0.908 bits per heavy atom. The molecule has 0 unspecified atom stereocenters. The fraction of sp³-hybridized carbons (Fsp3) is 0.500. The number of aromatic amines is 1. The summed E-state index contributed by atoms with van der Waals surface area (Å²) in [4.78, 5) is 185. The molecule has 0 saturated carbocycles. The fourth-order valence-corrected chi connectivity index (χ4v) is 14.2. The number of halogens is 4. The van der Waals surface area contributed by atoms with Gasteiger partial charge in [0.05, 0.1) is 6.04 Å². The molecule has 0 saturated heterocycles. The van der Waals surface area contributed by atoms with Crippen molar-refractivity contribution in [3.63, 3.8) is 0 Å². The van der Waals surface area contributed by atoms with Crippen molar-refractivity contribution in [3.05, 3.63) is 175 Å². The second-order valence-electron chi connectivity index (χ2n) is 30.8. The molecular weight excluding hydrogens is 1770 g/mol. The first-order chi connectivity index (χ1) is 63.4. The largest absolute Gasteiger partial charge is 0.445 e. The molecule has 0 aliphatic rings. The first-order valence-corrected chi connectivity index (χ1v) is 45.8. The van der Waals surface area contributed by atoms with Crippen molar-refractivity contribution in [1.82, 2.24) is 83.9 Å². The molecule has 0 fully saturated rings. The SMILES string of the molecule is NCCCC[C@H](NC(=O)OCc1ccccc1Cl)C(=O)NCCNC(=O)CCN(CCC(=O)NCCNC(=O)[C@H](CCCCN)NC(=O)OCc1ccccc1Cl)CC[C@H](C(=O)NCCc1cc2ccccc2[nH]1)N(CCC(=O)NCCNC(=O)[C@H](CCCCN)NC(=O)OCc1ccccc1Cl)CCC(=O)NCCNC(=O)[C@H](CCCCN)NC(=O)OCc1ccccc1Cl. The van der Waals surface area contributed by atoms with Crippen molar-refractivity contribution < 1.29 is 81.3 Å². The Kier molecular flexibility index (Phi) is 52.9. The number of amides is 13. The maximum Gasteiger partial charge on any atom is 0.408 e. The summed E-state index contributed by atoms with van der Waals surface area (Å²) in [6, 6.07) is 31.6. The van der Waals surface area contributed by atoms with Gasteiger partial charge in [-0.3, -0.25) is 48.1 Å². The Labute approximate surface area is 784 Å². The predicted molar refractivity (Wildman–Crippen MR) is 500 cm³/mol. The van der Waals surface area contributed by atoms with E-state index in [0.29, 0.717) is 126 Å². The molecule has 0 bridgehead atoms. The average molecular weight is 1900 g/mol. The van der Waals surface area contributed by atoms with Crippen LogP contribution in [0.25, 0.3) is 10.9 Å². The standard InChI is InChI=1S/C90H128Cl4N20O17/c91-68-24-6-1-20-63(68)58-128-87(124)109-73(29-11-15-39-95)82(119)104-48-44-99-78(115)35-53-113(54-36-79(116)100-45-49-105-83(120)74(30-12-16-40-96)110-88(125)129-59-64-21-2-7-25-69(64)92)52-34-77(86(123)103-43-33-67-57-62-19-5-10-28-72(62)108-67)114(55-37-80(117)101-46-50-106-84(121)75(31-13-17-41-97)111-89(126)130-60-65-22-3-8-26-70(65)93)56-38-81(118)102-47-51-107-85(122)76(32-14-18-42-98)112-90(127)131-61-66-23-4-9-27-71(66)94/h1-10,19-28,57,73-77,108H,11-18,29-56,58-61,95-98H2,(H,99,115)(H,100,116)(H,101,117)(H,102,118)(H,103,123)(H,104,119)(H,105,120)(H,106,121)(H,107,122)(H,109,124)(H,110,125)(H,111,126)(H,112,127)/t73-,74-,75-,76-,77+/m0/s1. The molecule has 1 heterocycles. The number of fused-ring (bicyclic) bond motifs is 1. The molecule has 6 rings (SSSR count). The summed E-state index contributed by atoms with van der Waals surface area (Å²) in [7, 11) is 0. The molecule has 131 heavy (non-hydrogen) atoms. The van der Waals surface area contributed by atoms with E-state index in [2.05, 4.69) is 74.1 Å². The van der Waals surface area contributed by atoms with Crippen LogP contribution in [0, 0.1) is 0 Å². The smallest absolute Gasteiger partial charge is 0.408 e. The van der Waals surface area contributed by atoms with Crippen LogP contribution in [-0.4, -0.2) is 240 Å². The van der Waals surface area contributed by atoms with Gasteiger partial charge in [0.25, 0.3) is 0 Å². The van der Waals surface area contributed by atoms with Crippen LogP contribution in [0.4, 0.5) is 19.2 Å². The lowest BCUT2D eigenvalue weighted by atomic mass is 10.1. The summed E-state index contributed by atoms with van der Waals surface area (Å²) in [6.45, 7) is 0.0481. The lowest BCUT2D eigenvalue weighted by molar-refractivity contribution is -0.129. The number of benzene rings is 5. The highest BCUT2D eigenvalue weighted by Gasteiger charge is 2.31. The van der Waals surface area contributed by atoms with E-state index >= 15 is 4.79 Å². The highest BCUT2D eigenvalue weighted by molar-refractivity contribution is 6.32. The Morgan fingerprint density at radius 1 is 0.321 bits per heavy atom. The van der Waals surface area contributed by atoms with E-state index in [0.717, 1.165) is 16.6 Å². The normalized spacial score (nSPS) is 12.2. The molecule has 41 heteroatoms. The van der Waals surface area contributed by atoms with Crippen molar-refractivity contribution in [3.8, 4) is 0 Å². The van der Waals surface area contributed by atoms with Gasteiger partial charge in [0.2, 0.25) is 53.2 Å². The van der Waals surface area contributed by atoms with Crippen molar-refractivity contribution in [2.45, 2.75) is 172 Å². The minimum absolute atomic E-state index is 0.00664. The van der Waals surface area contributed by atoms with Gasteiger partial charge in [0.15, 0.2) is 0 Å². The lowest BCUT2D eigenvalue weighted by Crippen LogP contribution is -2.51. The van der Waals surface area contributed by atoms with Crippen molar-refractivity contribution >= 4 is 135 Å². The third-order valence-electron chi connectivity index (χ3n) is 20.8. The van der Waals surface area contributed by atoms with Crippen LogP contribution in [0.15, 0.2) is 127 Å². The third-order valence-corrected chi connectivity index (χ3v) is 22.3. The van der Waals surface area contributed by atoms with Crippen LogP contribution < -0.4 is 92.1 Å². The van der Waals surface area contributed by atoms with Crippen LogP contribution in [0.1, 0.15) is 137 Å². The molecule has 6 aromatic rings. The zero-order chi connectivity index (χ0) is 94.8. The van der Waals surface area contributed by atoms with E-state index in [1.807, 2.05) is 30.3 Å². The van der Waals surface area contributed by atoms with Gasteiger partial charge in [-0.25, -0.2) is 19.2 Å². The highest BCUT2D eigenvalue weighted by atomic mass is 35.5. The zero-order valence-corrected chi connectivity index (χ0v) is 77.0. The fourth-order valence-electron chi connectivity index (χ4n) is 13.5. The summed E-state index contributed by atoms with van der Waals surface area (Å²) >= 11 is 25.1.